The molecule has 0 bridgehead atoms. The van der Waals surface area contributed by atoms with Crippen LogP contribution in [0.5, 0.6) is 0 Å². The maximum absolute atomic E-state index is 12.4. The Balaban J connectivity index is 1.54. The van der Waals surface area contributed by atoms with Gasteiger partial charge in [-0.3, -0.25) is 9.78 Å². The number of carbonyl (C=O) groups excluding carboxylic acids is 1. The second kappa shape index (κ2) is 6.70. The summed E-state index contributed by atoms with van der Waals surface area (Å²) in [6.45, 7) is 6.98. The van der Waals surface area contributed by atoms with Gasteiger partial charge in [0.15, 0.2) is 9.84 Å². The van der Waals surface area contributed by atoms with E-state index in [0.29, 0.717) is 25.9 Å². The number of nitrogens with zero attached hydrogens (tertiary/aromatic N) is 3. The Morgan fingerprint density at radius 1 is 1.17 bits per heavy atom. The molecular weight excluding hydrogens is 326 g/mol. The van der Waals surface area contributed by atoms with Crippen molar-refractivity contribution in [1.82, 2.24) is 9.88 Å². The highest BCUT2D eigenvalue weighted by molar-refractivity contribution is 7.91. The zero-order valence-corrected chi connectivity index (χ0v) is 15.2. The molecule has 1 amide bonds. The molecule has 7 heteroatoms. The van der Waals surface area contributed by atoms with E-state index in [4.69, 9.17) is 0 Å². The molecule has 2 aliphatic heterocycles. The van der Waals surface area contributed by atoms with Crippen LogP contribution in [0.15, 0.2) is 12.1 Å². The molecule has 24 heavy (non-hydrogen) atoms. The molecule has 0 aliphatic carbocycles. The van der Waals surface area contributed by atoms with Crippen molar-refractivity contribution in [1.29, 1.82) is 0 Å². The van der Waals surface area contributed by atoms with Gasteiger partial charge in [0.05, 0.1) is 11.5 Å². The van der Waals surface area contributed by atoms with Gasteiger partial charge < -0.3 is 9.80 Å². The molecule has 1 aromatic heterocycles. The van der Waals surface area contributed by atoms with E-state index in [0.717, 1.165) is 30.2 Å². The maximum atomic E-state index is 12.4. The van der Waals surface area contributed by atoms with Gasteiger partial charge >= 0.3 is 0 Å². The lowest BCUT2D eigenvalue weighted by Gasteiger charge is -2.36. The number of sulfone groups is 1. The van der Waals surface area contributed by atoms with Crippen molar-refractivity contribution >= 4 is 21.4 Å². The van der Waals surface area contributed by atoms with E-state index in [9.17, 15) is 13.2 Å². The fraction of sp³-hybridized carbons (Fsp3) is 0.647. The van der Waals surface area contributed by atoms with Gasteiger partial charge in [-0.15, -0.1) is 0 Å². The largest absolute Gasteiger partial charge is 0.368 e. The normalized spacial score (nSPS) is 23.5. The Labute approximate surface area is 143 Å². The molecule has 0 N–H and O–H groups in total. The first-order chi connectivity index (χ1) is 11.3. The summed E-state index contributed by atoms with van der Waals surface area (Å²) in [5, 5.41) is 0. The third-order valence-electron chi connectivity index (χ3n) is 4.85. The summed E-state index contributed by atoms with van der Waals surface area (Å²) in [7, 11) is -2.91. The van der Waals surface area contributed by atoms with Crippen LogP contribution in [0, 0.1) is 19.8 Å². The Morgan fingerprint density at radius 3 is 2.33 bits per heavy atom. The molecule has 1 aromatic rings. The number of aromatic nitrogens is 1. The maximum Gasteiger partial charge on any atom is 0.223 e. The molecule has 2 saturated heterocycles. The minimum absolute atomic E-state index is 0.00558. The highest BCUT2D eigenvalue weighted by Gasteiger charge is 2.31. The monoisotopic (exact) mass is 351 g/mol. The number of hydrogen-bond acceptors (Lipinski definition) is 5. The summed E-state index contributed by atoms with van der Waals surface area (Å²) in [4.78, 5) is 21.0. The number of carbonyl (C=O) groups is 1. The summed E-state index contributed by atoms with van der Waals surface area (Å²) in [6.07, 6.45) is 0.996. The first kappa shape index (κ1) is 17.2. The van der Waals surface area contributed by atoms with Crippen LogP contribution < -0.4 is 4.90 Å². The minimum Gasteiger partial charge on any atom is -0.368 e. The fourth-order valence-corrected chi connectivity index (χ4v) is 5.48. The van der Waals surface area contributed by atoms with Gasteiger partial charge in [-0.25, -0.2) is 8.42 Å². The molecular formula is C17H25N3O3S. The number of pyridine rings is 1. The Bertz CT molecular complexity index is 704. The van der Waals surface area contributed by atoms with Crippen molar-refractivity contribution in [2.75, 3.05) is 42.6 Å². The van der Waals surface area contributed by atoms with Gasteiger partial charge in [0.2, 0.25) is 5.91 Å². The van der Waals surface area contributed by atoms with Crippen molar-refractivity contribution in [3.63, 3.8) is 0 Å². The molecule has 6 nitrogen and oxygen atoms in total. The molecule has 3 heterocycles. The summed E-state index contributed by atoms with van der Waals surface area (Å²) >= 11 is 0. The summed E-state index contributed by atoms with van der Waals surface area (Å²) in [6, 6.07) is 4.15. The highest BCUT2D eigenvalue weighted by Crippen LogP contribution is 2.23. The highest BCUT2D eigenvalue weighted by atomic mass is 32.2. The van der Waals surface area contributed by atoms with Crippen LogP contribution in [0.1, 0.15) is 24.2 Å². The average molecular weight is 351 g/mol. The number of aryl methyl sites for hydroxylation is 2. The van der Waals surface area contributed by atoms with Crippen molar-refractivity contribution in [2.45, 2.75) is 26.7 Å². The predicted molar refractivity (Wildman–Crippen MR) is 93.9 cm³/mol. The number of anilines is 1. The standard InChI is InChI=1S/C17H25N3O3S/c1-13-9-16(10-14(2)18-13)19-4-6-20(7-5-19)17(21)11-15-3-8-24(22,23)12-15/h9-10,15H,3-8,11-12H2,1-2H3. The van der Waals surface area contributed by atoms with E-state index in [1.807, 2.05) is 18.7 Å². The zero-order chi connectivity index (χ0) is 17.3. The molecule has 2 fully saturated rings. The second-order valence-corrected chi connectivity index (χ2v) is 9.18. The number of amides is 1. The van der Waals surface area contributed by atoms with E-state index < -0.39 is 9.84 Å². The van der Waals surface area contributed by atoms with E-state index in [2.05, 4.69) is 22.0 Å². The summed E-state index contributed by atoms with van der Waals surface area (Å²) < 4.78 is 23.0. The van der Waals surface area contributed by atoms with Crippen LogP contribution in [0.4, 0.5) is 5.69 Å². The fourth-order valence-electron chi connectivity index (χ4n) is 3.62. The molecule has 0 spiro atoms. The van der Waals surface area contributed by atoms with Gasteiger partial charge in [0.25, 0.3) is 0 Å². The molecule has 0 aromatic carbocycles. The second-order valence-electron chi connectivity index (χ2n) is 6.95. The molecule has 132 valence electrons. The van der Waals surface area contributed by atoms with Crippen LogP contribution in [0.2, 0.25) is 0 Å². The third-order valence-corrected chi connectivity index (χ3v) is 6.69. The molecule has 0 radical (unpaired) electrons. The van der Waals surface area contributed by atoms with E-state index in [1.165, 1.54) is 0 Å². The first-order valence-electron chi connectivity index (χ1n) is 8.51. The SMILES string of the molecule is Cc1cc(N2CCN(C(=O)CC3CCS(=O)(=O)C3)CC2)cc(C)n1. The van der Waals surface area contributed by atoms with Gasteiger partial charge in [0.1, 0.15) is 0 Å². The first-order valence-corrected chi connectivity index (χ1v) is 10.3. The molecule has 1 atom stereocenters. The third kappa shape index (κ3) is 4.06. The van der Waals surface area contributed by atoms with Crippen molar-refractivity contribution < 1.29 is 13.2 Å². The zero-order valence-electron chi connectivity index (χ0n) is 14.4. The summed E-state index contributed by atoms with van der Waals surface area (Å²) in [5.41, 5.74) is 3.17. The predicted octanol–water partition coefficient (Wildman–Crippen LogP) is 1.17. The van der Waals surface area contributed by atoms with E-state index in [-0.39, 0.29) is 23.3 Å². The van der Waals surface area contributed by atoms with Crippen LogP contribution in [0.3, 0.4) is 0 Å². The lowest BCUT2D eigenvalue weighted by Crippen LogP contribution is -2.49. The van der Waals surface area contributed by atoms with Crippen LogP contribution in [0.25, 0.3) is 0 Å². The Kier molecular flexibility index (Phi) is 4.80. The molecule has 2 aliphatic rings. The van der Waals surface area contributed by atoms with E-state index >= 15 is 0 Å². The number of piperazine rings is 1. The van der Waals surface area contributed by atoms with Crippen LogP contribution in [-0.2, 0) is 14.6 Å². The van der Waals surface area contributed by atoms with Crippen molar-refractivity contribution in [3.8, 4) is 0 Å². The van der Waals surface area contributed by atoms with Crippen molar-refractivity contribution in [2.24, 2.45) is 5.92 Å². The number of rotatable bonds is 3. The van der Waals surface area contributed by atoms with Gasteiger partial charge in [-0.05, 0) is 38.3 Å². The van der Waals surface area contributed by atoms with Gasteiger partial charge in [-0.2, -0.15) is 0 Å². The lowest BCUT2D eigenvalue weighted by molar-refractivity contribution is -0.132. The molecule has 1 unspecified atom stereocenters. The summed E-state index contributed by atoms with van der Waals surface area (Å²) in [5.74, 6) is 0.512. The topological polar surface area (TPSA) is 70.6 Å². The van der Waals surface area contributed by atoms with E-state index in [1.54, 1.807) is 0 Å². The number of hydrogen-bond donors (Lipinski definition) is 0. The average Bonchev–Trinajstić information content (AvgIpc) is 2.85. The lowest BCUT2D eigenvalue weighted by atomic mass is 10.0. The van der Waals surface area contributed by atoms with Crippen molar-refractivity contribution in [3.05, 3.63) is 23.5 Å². The Morgan fingerprint density at radius 2 is 1.79 bits per heavy atom. The molecule has 0 saturated carbocycles. The molecule has 3 rings (SSSR count). The van der Waals surface area contributed by atoms with Crippen LogP contribution in [-0.4, -0.2) is 61.9 Å². The minimum atomic E-state index is -2.91. The van der Waals surface area contributed by atoms with Gasteiger partial charge in [0, 0.05) is 49.7 Å². The smallest absolute Gasteiger partial charge is 0.223 e. The quantitative estimate of drug-likeness (QED) is 0.818. The van der Waals surface area contributed by atoms with Gasteiger partial charge in [-0.1, -0.05) is 0 Å². The van der Waals surface area contributed by atoms with Crippen LogP contribution >= 0.6 is 0 Å². The Hall–Kier alpha value is -1.63.